The molecule has 0 fully saturated rings. The SMILES string of the molecule is F.F.F.[B]=S. The first kappa shape index (κ1) is 72.9. The van der Waals surface area contributed by atoms with Crippen molar-refractivity contribution in [2.75, 3.05) is 0 Å². The van der Waals surface area contributed by atoms with Gasteiger partial charge in [-0.1, -0.05) is 0 Å². The zero-order valence-corrected chi connectivity index (χ0v) is 3.03. The van der Waals surface area contributed by atoms with Crippen molar-refractivity contribution >= 4 is 18.8 Å². The molecule has 0 aliphatic rings. The second-order valence-corrected chi connectivity index (χ2v) is 0. The third-order valence-corrected chi connectivity index (χ3v) is 0. The van der Waals surface area contributed by atoms with Crippen LogP contribution >= 0.6 is 12.1 Å². The van der Waals surface area contributed by atoms with Gasteiger partial charge in [0.2, 0.25) is 0 Å². The Hall–Kier alpha value is 0.0749. The Morgan fingerprint density at radius 3 is 0.800 bits per heavy atom. The summed E-state index contributed by atoms with van der Waals surface area (Å²) < 4.78 is 0. The third kappa shape index (κ3) is 3120. The first-order valence-electron chi connectivity index (χ1n) is 0.236. The first-order valence-corrected chi connectivity index (χ1v) is 0.707. The van der Waals surface area contributed by atoms with Gasteiger partial charge in [-0.25, -0.2) is 0 Å². The molecule has 0 aromatic rings. The van der Waals surface area contributed by atoms with Crippen LogP contribution in [0.3, 0.4) is 0 Å². The summed E-state index contributed by atoms with van der Waals surface area (Å²) in [5.74, 6) is 0. The molecule has 0 spiro atoms. The third-order valence-electron chi connectivity index (χ3n) is 0. The fourth-order valence-corrected chi connectivity index (χ4v) is 0. The molecule has 0 bridgehead atoms. The monoisotopic (exact) mass is 103 g/mol. The van der Waals surface area contributed by atoms with Crippen LogP contribution in [0.4, 0.5) is 14.1 Å². The van der Waals surface area contributed by atoms with E-state index in [1.54, 1.807) is 0 Å². The molecule has 5 heavy (non-hydrogen) atoms. The van der Waals surface area contributed by atoms with E-state index in [0.717, 1.165) is 0 Å². The molecule has 0 aromatic carbocycles. The molecule has 0 atom stereocenters. The van der Waals surface area contributed by atoms with Crippen LogP contribution < -0.4 is 0 Å². The quantitative estimate of drug-likeness (QED) is 0.407. The Labute approximate surface area is 33.9 Å². The first-order chi connectivity index (χ1) is 1.00. The van der Waals surface area contributed by atoms with Gasteiger partial charge >= 0.3 is 18.8 Å². The Balaban J connectivity index is -0.00000000167. The zero-order chi connectivity index (χ0) is 2.00. The van der Waals surface area contributed by atoms with Crippen molar-refractivity contribution in [3.05, 3.63) is 0 Å². The molecular formula is H3BF3S. The minimum atomic E-state index is 0. The fourth-order valence-electron chi connectivity index (χ4n) is 0. The van der Waals surface area contributed by atoms with Gasteiger partial charge in [0.25, 0.3) is 0 Å². The molecule has 5 heteroatoms. The van der Waals surface area contributed by atoms with Crippen LogP contribution in [0.25, 0.3) is 0 Å². The van der Waals surface area contributed by atoms with E-state index in [1.807, 2.05) is 0 Å². The second kappa shape index (κ2) is 6860. The molecule has 0 N–H and O–H groups in total. The number of rotatable bonds is 0. The van der Waals surface area contributed by atoms with Gasteiger partial charge < -0.3 is 0 Å². The van der Waals surface area contributed by atoms with Crippen LogP contribution in [0.2, 0.25) is 0 Å². The summed E-state index contributed by atoms with van der Waals surface area (Å²) in [6.07, 6.45) is 0. The van der Waals surface area contributed by atoms with E-state index in [0.29, 0.717) is 0 Å². The van der Waals surface area contributed by atoms with Gasteiger partial charge in [-0.15, -0.1) is 0 Å². The van der Waals surface area contributed by atoms with E-state index in [9.17, 15) is 0 Å². The molecule has 0 heterocycles. The molecule has 0 saturated heterocycles. The average molecular weight is 103 g/mol. The van der Waals surface area contributed by atoms with Crippen molar-refractivity contribution in [2.45, 2.75) is 0 Å². The van der Waals surface area contributed by atoms with E-state index < -0.39 is 0 Å². The molecule has 0 saturated carbocycles. The molecule has 0 amide bonds. The number of hydrogen-bond acceptors (Lipinski definition) is 1. The van der Waals surface area contributed by atoms with Crippen LogP contribution in [0.15, 0.2) is 0 Å². The van der Waals surface area contributed by atoms with Crippen molar-refractivity contribution in [1.82, 2.24) is 0 Å². The van der Waals surface area contributed by atoms with Crippen molar-refractivity contribution < 1.29 is 14.1 Å². The molecule has 33 valence electrons. The second-order valence-electron chi connectivity index (χ2n) is 0. The fraction of sp³-hybridized carbons (Fsp3) is 0. The van der Waals surface area contributed by atoms with Gasteiger partial charge in [-0.05, 0) is 0 Å². The molecule has 0 aromatic heterocycles. The summed E-state index contributed by atoms with van der Waals surface area (Å²) in [6, 6.07) is 0. The van der Waals surface area contributed by atoms with Gasteiger partial charge in [0.15, 0.2) is 0 Å². The van der Waals surface area contributed by atoms with E-state index in [2.05, 4.69) is 18.8 Å². The molecule has 1 radical (unpaired) electrons. The molecule has 0 aliphatic carbocycles. The maximum atomic E-state index is 4.08. The Kier molecular flexibility index (Phi) is 100000. The maximum absolute atomic E-state index is 4.08. The van der Waals surface area contributed by atoms with Crippen LogP contribution in [0.5, 0.6) is 0 Å². The van der Waals surface area contributed by atoms with Gasteiger partial charge in [0, 0.05) is 0 Å². The normalized spacial score (nSPS) is 0.600. The van der Waals surface area contributed by atoms with Gasteiger partial charge in [0.05, 0.1) is 0 Å². The standard InChI is InChI=1S/BS.3FH/c1-2;;;/h;3*1H. The summed E-state index contributed by atoms with van der Waals surface area (Å²) in [5, 5.41) is 0. The van der Waals surface area contributed by atoms with E-state index >= 15 is 0 Å². The Morgan fingerprint density at radius 2 is 0.800 bits per heavy atom. The van der Waals surface area contributed by atoms with Crippen molar-refractivity contribution in [3.8, 4) is 0 Å². The van der Waals surface area contributed by atoms with Crippen LogP contribution in [-0.4, -0.2) is 6.72 Å². The Bertz CT molecular complexity index is 6.85. The van der Waals surface area contributed by atoms with Gasteiger partial charge in [-0.3, -0.25) is 14.1 Å². The summed E-state index contributed by atoms with van der Waals surface area (Å²) in [5.41, 5.74) is 0. The van der Waals surface area contributed by atoms with Crippen LogP contribution in [0, 0.1) is 0 Å². The summed E-state index contributed by atoms with van der Waals surface area (Å²) >= 11 is 3.58. The zero-order valence-electron chi connectivity index (χ0n) is 2.21. The van der Waals surface area contributed by atoms with E-state index in [4.69, 9.17) is 0 Å². The molecule has 0 rings (SSSR count). The summed E-state index contributed by atoms with van der Waals surface area (Å²) in [4.78, 5) is 0. The van der Waals surface area contributed by atoms with E-state index in [-0.39, 0.29) is 14.1 Å². The summed E-state index contributed by atoms with van der Waals surface area (Å²) in [6.45, 7) is 4.08. The number of halogens is 3. The molecule has 0 aliphatic heterocycles. The topological polar surface area (TPSA) is 0 Å². The summed E-state index contributed by atoms with van der Waals surface area (Å²) in [7, 11) is 0. The minimum absolute atomic E-state index is 0. The molecule has 0 nitrogen and oxygen atoms in total. The Morgan fingerprint density at radius 1 is 0.800 bits per heavy atom. The van der Waals surface area contributed by atoms with Crippen molar-refractivity contribution in [3.63, 3.8) is 0 Å². The van der Waals surface area contributed by atoms with Gasteiger partial charge in [0.1, 0.15) is 0 Å². The number of hydrogen-bond donors (Lipinski definition) is 0. The predicted molar refractivity (Wildman–Crippen MR) is 20.9 cm³/mol. The molecular weight excluding hydrogens is 99.9 g/mol. The van der Waals surface area contributed by atoms with Crippen LogP contribution in [0.1, 0.15) is 0 Å². The molecule has 0 unspecified atom stereocenters. The van der Waals surface area contributed by atoms with Crippen molar-refractivity contribution in [2.24, 2.45) is 0 Å². The average Bonchev–Trinajstić information content (AvgIpc) is 1.00. The predicted octanol–water partition coefficient (Wildman–Crippen LogP) is 0.725. The van der Waals surface area contributed by atoms with Gasteiger partial charge in [-0.2, -0.15) is 0 Å². The van der Waals surface area contributed by atoms with Crippen LogP contribution in [-0.2, 0) is 0 Å². The van der Waals surface area contributed by atoms with Crippen molar-refractivity contribution in [1.29, 1.82) is 0 Å². The van der Waals surface area contributed by atoms with E-state index in [1.165, 1.54) is 0 Å².